The van der Waals surface area contributed by atoms with Gasteiger partial charge in [-0.3, -0.25) is 14.5 Å². The minimum Gasteiger partial charge on any atom is -0.481 e. The van der Waals surface area contributed by atoms with Gasteiger partial charge in [0.1, 0.15) is 11.4 Å². The fourth-order valence-electron chi connectivity index (χ4n) is 4.82. The zero-order valence-corrected chi connectivity index (χ0v) is 16.2. The summed E-state index contributed by atoms with van der Waals surface area (Å²) in [4.78, 5) is 40.6. The van der Waals surface area contributed by atoms with Gasteiger partial charge in [-0.2, -0.15) is 0 Å². The van der Waals surface area contributed by atoms with Gasteiger partial charge in [0.15, 0.2) is 29.5 Å². The lowest BCUT2D eigenvalue weighted by molar-refractivity contribution is -0.138. The van der Waals surface area contributed by atoms with E-state index in [1.165, 1.54) is 7.05 Å². The van der Waals surface area contributed by atoms with Crippen LogP contribution < -0.4 is 19.1 Å². The summed E-state index contributed by atoms with van der Waals surface area (Å²) in [7, 11) is 1.41. The Balaban J connectivity index is 1.63. The molecule has 1 N–H and O–H groups in total. The molecule has 3 aliphatic heterocycles. The predicted molar refractivity (Wildman–Crippen MR) is 105 cm³/mol. The number of carbonyl (C=O) groups excluding carboxylic acids is 2. The van der Waals surface area contributed by atoms with Crippen LogP contribution in [-0.2, 0) is 9.59 Å². The van der Waals surface area contributed by atoms with Gasteiger partial charge in [-0.25, -0.2) is 9.69 Å². The summed E-state index contributed by atoms with van der Waals surface area (Å²) >= 11 is 0. The van der Waals surface area contributed by atoms with Gasteiger partial charge < -0.3 is 19.3 Å². The van der Waals surface area contributed by atoms with Crippen LogP contribution in [0.5, 0.6) is 17.2 Å². The van der Waals surface area contributed by atoms with E-state index < -0.39 is 42.0 Å². The number of benzene rings is 2. The van der Waals surface area contributed by atoms with E-state index in [1.807, 2.05) is 0 Å². The number of imide groups is 1. The van der Waals surface area contributed by atoms with E-state index in [0.717, 1.165) is 9.80 Å². The smallest absolute Gasteiger partial charge is 0.416 e. The van der Waals surface area contributed by atoms with Gasteiger partial charge in [0.2, 0.25) is 11.8 Å². The van der Waals surface area contributed by atoms with Crippen molar-refractivity contribution in [3.05, 3.63) is 60.0 Å². The van der Waals surface area contributed by atoms with Crippen LogP contribution in [0.3, 0.4) is 0 Å². The Bertz CT molecular complexity index is 1210. The van der Waals surface area contributed by atoms with Gasteiger partial charge in [-0.05, 0) is 24.3 Å². The van der Waals surface area contributed by atoms with Crippen molar-refractivity contribution in [3.63, 3.8) is 0 Å². The first-order valence-corrected chi connectivity index (χ1v) is 9.75. The highest BCUT2D eigenvalue weighted by Gasteiger charge is 2.63. The molecule has 156 valence electrons. The van der Waals surface area contributed by atoms with Gasteiger partial charge in [0.05, 0.1) is 17.5 Å². The van der Waals surface area contributed by atoms with Crippen LogP contribution in [-0.4, -0.2) is 47.2 Å². The predicted octanol–water partition coefficient (Wildman–Crippen LogP) is 2.23. The number of para-hydroxylation sites is 4. The molecule has 1 fully saturated rings. The zero-order valence-electron chi connectivity index (χ0n) is 16.2. The molecule has 6 rings (SSSR count). The maximum Gasteiger partial charge on any atom is 0.416 e. The number of likely N-dealkylation sites (tertiary alicyclic amines) is 1. The Morgan fingerprint density at radius 2 is 1.45 bits per heavy atom. The molecule has 0 radical (unpaired) electrons. The molecule has 4 aliphatic rings. The number of hydrogen-bond acceptors (Lipinski definition) is 6. The summed E-state index contributed by atoms with van der Waals surface area (Å²) in [5, 5.41) is 10.1. The number of amides is 3. The third-order valence-corrected chi connectivity index (χ3v) is 6.17. The van der Waals surface area contributed by atoms with Crippen LogP contribution in [0.2, 0.25) is 0 Å². The lowest BCUT2D eigenvalue weighted by atomic mass is 9.76. The summed E-state index contributed by atoms with van der Waals surface area (Å²) in [5.74, 6) is -1.40. The summed E-state index contributed by atoms with van der Waals surface area (Å²) in [6, 6.07) is 13.6. The Morgan fingerprint density at radius 3 is 2.16 bits per heavy atom. The molecule has 3 heterocycles. The van der Waals surface area contributed by atoms with Crippen molar-refractivity contribution < 1.29 is 33.7 Å². The van der Waals surface area contributed by atoms with Crippen LogP contribution in [0, 0.1) is 11.8 Å². The highest BCUT2D eigenvalue weighted by atomic mass is 16.6. The summed E-state index contributed by atoms with van der Waals surface area (Å²) in [5.41, 5.74) is 0.460. The summed E-state index contributed by atoms with van der Waals surface area (Å²) < 4.78 is 18.4. The fraction of sp³-hybridized carbons (Fsp3) is 0.227. The van der Waals surface area contributed by atoms with E-state index in [1.54, 1.807) is 48.5 Å². The Labute approximate surface area is 176 Å². The Hall–Kier alpha value is -4.01. The second-order valence-corrected chi connectivity index (χ2v) is 7.75. The van der Waals surface area contributed by atoms with Crippen molar-refractivity contribution in [1.82, 2.24) is 4.90 Å². The number of ether oxygens (including phenoxy) is 3. The number of carbonyl (C=O) groups is 3. The number of nitrogens with zero attached hydrogens (tertiary/aromatic N) is 2. The summed E-state index contributed by atoms with van der Waals surface area (Å²) in [6.07, 6.45) is -3.23. The van der Waals surface area contributed by atoms with Crippen LogP contribution in [0.4, 0.5) is 10.5 Å². The van der Waals surface area contributed by atoms with Crippen molar-refractivity contribution in [2.75, 3.05) is 11.9 Å². The highest BCUT2D eigenvalue weighted by Crippen LogP contribution is 2.52. The maximum absolute atomic E-state index is 13.1. The average Bonchev–Trinajstić information content (AvgIpc) is 3.00. The van der Waals surface area contributed by atoms with E-state index in [9.17, 15) is 19.5 Å². The molecule has 4 unspecified atom stereocenters. The van der Waals surface area contributed by atoms with Gasteiger partial charge in [-0.15, -0.1) is 0 Å². The minimum absolute atomic E-state index is 0.156. The van der Waals surface area contributed by atoms with E-state index in [2.05, 4.69) is 0 Å². The maximum atomic E-state index is 13.1. The van der Waals surface area contributed by atoms with E-state index in [0.29, 0.717) is 22.9 Å². The molecule has 0 saturated carbocycles. The third kappa shape index (κ3) is 2.23. The molecule has 3 amide bonds. The van der Waals surface area contributed by atoms with E-state index in [4.69, 9.17) is 14.2 Å². The van der Waals surface area contributed by atoms with Crippen LogP contribution in [0.1, 0.15) is 0 Å². The second-order valence-electron chi connectivity index (χ2n) is 7.75. The first-order chi connectivity index (χ1) is 15.0. The number of hydrogen-bond donors (Lipinski definition) is 1. The molecular weight excluding hydrogens is 404 g/mol. The van der Waals surface area contributed by atoms with Crippen molar-refractivity contribution >= 4 is 23.6 Å². The fourth-order valence-corrected chi connectivity index (χ4v) is 4.82. The largest absolute Gasteiger partial charge is 0.481 e. The number of anilines is 1. The van der Waals surface area contributed by atoms with Gasteiger partial charge in [0, 0.05) is 7.05 Å². The highest BCUT2D eigenvalue weighted by molar-refractivity contribution is 6.07. The molecule has 31 heavy (non-hydrogen) atoms. The first-order valence-electron chi connectivity index (χ1n) is 9.75. The molecule has 1 aliphatic carbocycles. The van der Waals surface area contributed by atoms with E-state index in [-0.39, 0.29) is 11.5 Å². The summed E-state index contributed by atoms with van der Waals surface area (Å²) in [6.45, 7) is 0. The molecule has 1 saturated heterocycles. The molecule has 0 aromatic heterocycles. The molecule has 9 heteroatoms. The topological polar surface area (TPSA) is 106 Å². The lowest BCUT2D eigenvalue weighted by Crippen LogP contribution is -2.56. The Morgan fingerprint density at radius 1 is 0.871 bits per heavy atom. The quantitative estimate of drug-likeness (QED) is 0.652. The van der Waals surface area contributed by atoms with Crippen LogP contribution >= 0.6 is 0 Å². The molecular formula is C22H16N2O7. The van der Waals surface area contributed by atoms with Crippen molar-refractivity contribution in [3.8, 4) is 17.2 Å². The normalized spacial score (nSPS) is 27.8. The van der Waals surface area contributed by atoms with Gasteiger partial charge in [0.25, 0.3) is 0 Å². The zero-order chi connectivity index (χ0) is 21.4. The van der Waals surface area contributed by atoms with Crippen molar-refractivity contribution in [1.29, 1.82) is 0 Å². The lowest BCUT2D eigenvalue weighted by Gasteiger charge is -2.45. The number of rotatable bonds is 0. The second kappa shape index (κ2) is 6.00. The Kier molecular flexibility index (Phi) is 3.45. The minimum atomic E-state index is -1.26. The van der Waals surface area contributed by atoms with Crippen molar-refractivity contribution in [2.45, 2.75) is 12.2 Å². The van der Waals surface area contributed by atoms with Crippen molar-refractivity contribution in [2.24, 2.45) is 11.8 Å². The van der Waals surface area contributed by atoms with Gasteiger partial charge in [-0.1, -0.05) is 24.3 Å². The van der Waals surface area contributed by atoms with E-state index >= 15 is 0 Å². The monoisotopic (exact) mass is 420 g/mol. The standard InChI is InChI=1S/C22H16N2O7/c1-23-20(25)14-15(21(23)26)18-19(31-13-9-5-4-8-12(13)30-18)16-17(14)29-11-7-3-2-6-10(11)24(16)22(27)28/h2-9,14-15,17-18H,1H3,(H,27,28). The van der Waals surface area contributed by atoms with Gasteiger partial charge >= 0.3 is 6.09 Å². The number of carboxylic acid groups (broad SMARTS) is 1. The van der Waals surface area contributed by atoms with Crippen LogP contribution in [0.15, 0.2) is 60.0 Å². The molecule has 2 aromatic carbocycles. The SMILES string of the molecule is CN1C(=O)C2C3Oc4ccccc4OC3=C3C(Oc4ccccc4N3C(=O)O)C2C1=O. The molecule has 4 atom stereocenters. The molecule has 2 aromatic rings. The number of fused-ring (bicyclic) bond motifs is 7. The van der Waals surface area contributed by atoms with Crippen LogP contribution in [0.25, 0.3) is 0 Å². The molecule has 0 bridgehead atoms. The molecule has 9 nitrogen and oxygen atoms in total. The molecule has 0 spiro atoms. The first kappa shape index (κ1) is 17.8. The third-order valence-electron chi connectivity index (χ3n) is 6.17. The average molecular weight is 420 g/mol.